The summed E-state index contributed by atoms with van der Waals surface area (Å²) in [5, 5.41) is 3.20. The zero-order valence-corrected chi connectivity index (χ0v) is 13.9. The minimum absolute atomic E-state index is 0.263. The van der Waals surface area contributed by atoms with Gasteiger partial charge >= 0.3 is 6.09 Å². The van der Waals surface area contributed by atoms with Crippen LogP contribution in [0.3, 0.4) is 0 Å². The molecule has 1 amide bonds. The largest absolute Gasteiger partial charge is 0.444 e. The van der Waals surface area contributed by atoms with Crippen LogP contribution < -0.4 is 11.1 Å². The van der Waals surface area contributed by atoms with Gasteiger partial charge in [-0.3, -0.25) is 5.32 Å². The van der Waals surface area contributed by atoms with Gasteiger partial charge in [-0.15, -0.1) is 0 Å². The highest BCUT2D eigenvalue weighted by molar-refractivity contribution is 6.31. The molecule has 118 valence electrons. The molecule has 0 aliphatic heterocycles. The van der Waals surface area contributed by atoms with E-state index in [1.165, 1.54) is 0 Å². The summed E-state index contributed by atoms with van der Waals surface area (Å²) in [5.41, 5.74) is 5.76. The number of carbonyl (C=O) groups is 1. The molecule has 1 aromatic carbocycles. The van der Waals surface area contributed by atoms with E-state index in [2.05, 4.69) is 5.32 Å². The average Bonchev–Trinajstić information content (AvgIpc) is 2.38. The number of hydrogen-bond donors (Lipinski definition) is 2. The van der Waals surface area contributed by atoms with E-state index < -0.39 is 17.3 Å². The number of ether oxygens (including phenoxy) is 2. The second-order valence-electron chi connectivity index (χ2n) is 5.96. The van der Waals surface area contributed by atoms with E-state index in [1.807, 2.05) is 6.92 Å². The second kappa shape index (κ2) is 6.64. The van der Waals surface area contributed by atoms with Gasteiger partial charge in [0.2, 0.25) is 0 Å². The molecule has 6 heteroatoms. The van der Waals surface area contributed by atoms with Crippen LogP contribution in [0.5, 0.6) is 0 Å². The van der Waals surface area contributed by atoms with E-state index in [1.54, 1.807) is 46.1 Å². The zero-order chi connectivity index (χ0) is 16.3. The summed E-state index contributed by atoms with van der Waals surface area (Å²) in [4.78, 5) is 11.8. The Morgan fingerprint density at radius 1 is 1.33 bits per heavy atom. The molecule has 0 aliphatic rings. The van der Waals surface area contributed by atoms with Gasteiger partial charge < -0.3 is 15.2 Å². The van der Waals surface area contributed by atoms with Gasteiger partial charge in [-0.05, 0) is 45.9 Å². The molecular weight excluding hydrogens is 292 g/mol. The lowest BCUT2D eigenvalue weighted by Gasteiger charge is -2.28. The second-order valence-corrected chi connectivity index (χ2v) is 6.37. The molecule has 0 aliphatic carbocycles. The van der Waals surface area contributed by atoms with Gasteiger partial charge in [-0.25, -0.2) is 4.79 Å². The zero-order valence-electron chi connectivity index (χ0n) is 13.1. The van der Waals surface area contributed by atoms with Gasteiger partial charge in [0, 0.05) is 29.9 Å². The van der Waals surface area contributed by atoms with E-state index in [0.717, 1.165) is 0 Å². The van der Waals surface area contributed by atoms with Crippen LogP contribution in [-0.4, -0.2) is 25.3 Å². The van der Waals surface area contributed by atoms with Crippen LogP contribution in [0.1, 0.15) is 33.3 Å². The fourth-order valence-corrected chi connectivity index (χ4v) is 2.05. The van der Waals surface area contributed by atoms with E-state index in [4.69, 9.17) is 26.8 Å². The highest BCUT2D eigenvalue weighted by atomic mass is 35.5. The molecular formula is C15H23ClN2O3. The van der Waals surface area contributed by atoms with E-state index in [0.29, 0.717) is 16.3 Å². The number of nitrogens with two attached hydrogens (primary N) is 1. The number of carbonyl (C=O) groups excluding carboxylic acids is 1. The molecule has 0 saturated carbocycles. The Balaban J connectivity index is 3.00. The number of benzene rings is 1. The SMILES string of the molecule is COC(C)(CN)c1cc(NC(=O)OC(C)(C)C)ccc1Cl. The molecule has 21 heavy (non-hydrogen) atoms. The topological polar surface area (TPSA) is 73.6 Å². The van der Waals surface area contributed by atoms with Crippen molar-refractivity contribution < 1.29 is 14.3 Å². The average molecular weight is 315 g/mol. The van der Waals surface area contributed by atoms with Gasteiger partial charge in [0.25, 0.3) is 0 Å². The molecule has 1 unspecified atom stereocenters. The number of hydrogen-bond acceptors (Lipinski definition) is 4. The summed E-state index contributed by atoms with van der Waals surface area (Å²) in [6.07, 6.45) is -0.525. The number of methoxy groups -OCH3 is 1. The molecule has 0 fully saturated rings. The molecule has 0 heterocycles. The lowest BCUT2D eigenvalue weighted by molar-refractivity contribution is 0.0102. The van der Waals surface area contributed by atoms with Crippen molar-refractivity contribution in [1.29, 1.82) is 0 Å². The van der Waals surface area contributed by atoms with Gasteiger partial charge in [-0.2, -0.15) is 0 Å². The Labute approximate surface area is 130 Å². The van der Waals surface area contributed by atoms with E-state index in [9.17, 15) is 4.79 Å². The van der Waals surface area contributed by atoms with Crippen molar-refractivity contribution in [3.8, 4) is 0 Å². The highest BCUT2D eigenvalue weighted by Crippen LogP contribution is 2.32. The normalized spacial score (nSPS) is 14.4. The Morgan fingerprint density at radius 2 is 1.95 bits per heavy atom. The van der Waals surface area contributed by atoms with Crippen molar-refractivity contribution in [3.05, 3.63) is 28.8 Å². The molecule has 0 aromatic heterocycles. The third kappa shape index (κ3) is 4.88. The Kier molecular flexibility index (Phi) is 5.61. The number of amides is 1. The van der Waals surface area contributed by atoms with Gasteiger partial charge in [0.05, 0.1) is 0 Å². The number of anilines is 1. The molecule has 0 saturated heterocycles. The monoisotopic (exact) mass is 314 g/mol. The molecule has 1 atom stereocenters. The van der Waals surface area contributed by atoms with Crippen molar-refractivity contribution >= 4 is 23.4 Å². The van der Waals surface area contributed by atoms with Crippen LogP contribution in [0.2, 0.25) is 5.02 Å². The predicted octanol–water partition coefficient (Wildman–Crippen LogP) is 3.51. The Morgan fingerprint density at radius 3 is 2.43 bits per heavy atom. The first-order valence-corrected chi connectivity index (χ1v) is 7.04. The van der Waals surface area contributed by atoms with Crippen molar-refractivity contribution in [1.82, 2.24) is 0 Å². The minimum atomic E-state index is -0.720. The fourth-order valence-electron chi connectivity index (χ4n) is 1.73. The maximum atomic E-state index is 11.8. The van der Waals surface area contributed by atoms with Crippen LogP contribution in [0.15, 0.2) is 18.2 Å². The Bertz CT molecular complexity index is 508. The molecule has 0 spiro atoms. The lowest BCUT2D eigenvalue weighted by atomic mass is 9.95. The lowest BCUT2D eigenvalue weighted by Crippen LogP contribution is -2.34. The number of rotatable bonds is 4. The fraction of sp³-hybridized carbons (Fsp3) is 0.533. The van der Waals surface area contributed by atoms with Crippen molar-refractivity contribution in [2.45, 2.75) is 38.9 Å². The van der Waals surface area contributed by atoms with Crippen molar-refractivity contribution in [3.63, 3.8) is 0 Å². The summed E-state index contributed by atoms with van der Waals surface area (Å²) < 4.78 is 10.7. The smallest absolute Gasteiger partial charge is 0.412 e. The predicted molar refractivity (Wildman–Crippen MR) is 84.7 cm³/mol. The maximum Gasteiger partial charge on any atom is 0.412 e. The van der Waals surface area contributed by atoms with Gasteiger partial charge in [-0.1, -0.05) is 11.6 Å². The van der Waals surface area contributed by atoms with Crippen LogP contribution in [0.4, 0.5) is 10.5 Å². The van der Waals surface area contributed by atoms with Crippen LogP contribution in [0, 0.1) is 0 Å². The summed E-state index contributed by atoms with van der Waals surface area (Å²) >= 11 is 6.20. The molecule has 1 aromatic rings. The molecule has 0 radical (unpaired) electrons. The third-order valence-corrected chi connectivity index (χ3v) is 3.35. The van der Waals surface area contributed by atoms with Crippen LogP contribution in [-0.2, 0) is 15.1 Å². The van der Waals surface area contributed by atoms with E-state index in [-0.39, 0.29) is 6.54 Å². The third-order valence-electron chi connectivity index (χ3n) is 3.02. The van der Waals surface area contributed by atoms with Crippen LogP contribution >= 0.6 is 11.6 Å². The van der Waals surface area contributed by atoms with Gasteiger partial charge in [0.1, 0.15) is 11.2 Å². The first kappa shape index (κ1) is 17.8. The maximum absolute atomic E-state index is 11.8. The highest BCUT2D eigenvalue weighted by Gasteiger charge is 2.27. The molecule has 3 N–H and O–H groups in total. The van der Waals surface area contributed by atoms with E-state index >= 15 is 0 Å². The quantitative estimate of drug-likeness (QED) is 0.892. The number of nitrogens with one attached hydrogen (secondary N) is 1. The van der Waals surface area contributed by atoms with Gasteiger partial charge in [0.15, 0.2) is 0 Å². The Hall–Kier alpha value is -1.30. The standard InChI is InChI=1S/C15H23ClN2O3/c1-14(2,3)21-13(19)18-10-6-7-12(16)11(8-10)15(4,9-17)20-5/h6-8H,9,17H2,1-5H3,(H,18,19). The summed E-state index contributed by atoms with van der Waals surface area (Å²) in [5.74, 6) is 0. The molecule has 1 rings (SSSR count). The van der Waals surface area contributed by atoms with Crippen molar-refractivity contribution in [2.75, 3.05) is 19.0 Å². The van der Waals surface area contributed by atoms with Crippen LogP contribution in [0.25, 0.3) is 0 Å². The minimum Gasteiger partial charge on any atom is -0.444 e. The van der Waals surface area contributed by atoms with Crippen molar-refractivity contribution in [2.24, 2.45) is 5.73 Å². The molecule has 5 nitrogen and oxygen atoms in total. The summed E-state index contributed by atoms with van der Waals surface area (Å²) in [6, 6.07) is 5.13. The summed E-state index contributed by atoms with van der Waals surface area (Å²) in [7, 11) is 1.57. The first-order chi connectivity index (χ1) is 9.61. The summed E-state index contributed by atoms with van der Waals surface area (Å²) in [6.45, 7) is 7.51. The number of halogens is 1. The first-order valence-electron chi connectivity index (χ1n) is 6.66. The molecule has 0 bridgehead atoms.